The summed E-state index contributed by atoms with van der Waals surface area (Å²) in [5.41, 5.74) is 5.13. The lowest BCUT2D eigenvalue weighted by Crippen LogP contribution is -2.31. The normalized spacial score (nSPS) is 15.3. The van der Waals surface area contributed by atoms with Crippen LogP contribution < -0.4 is 10.2 Å². The summed E-state index contributed by atoms with van der Waals surface area (Å²) in [6.45, 7) is 6.26. The van der Waals surface area contributed by atoms with E-state index in [1.807, 2.05) is 37.3 Å². The highest BCUT2D eigenvalue weighted by Crippen LogP contribution is 2.26. The molecule has 1 aromatic heterocycles. The molecule has 1 fully saturated rings. The molecular weight excluding hydrogens is 444 g/mol. The van der Waals surface area contributed by atoms with Gasteiger partial charge in [-0.25, -0.2) is 9.97 Å². The summed E-state index contributed by atoms with van der Waals surface area (Å²) in [4.78, 5) is 24.1. The van der Waals surface area contributed by atoms with Crippen molar-refractivity contribution in [1.29, 1.82) is 0 Å². The topological polar surface area (TPSA) is 67.3 Å². The second-order valence-electron chi connectivity index (χ2n) is 8.71. The van der Waals surface area contributed by atoms with Gasteiger partial charge < -0.3 is 15.0 Å². The number of amides is 1. The molecule has 0 saturated carbocycles. The Morgan fingerprint density at radius 2 is 1.85 bits per heavy atom. The van der Waals surface area contributed by atoms with E-state index in [-0.39, 0.29) is 12.0 Å². The minimum absolute atomic E-state index is 0.0571. The number of anilines is 1. The van der Waals surface area contributed by atoms with E-state index in [0.717, 1.165) is 59.5 Å². The number of ether oxygens (including phenoxy) is 1. The quantitative estimate of drug-likeness (QED) is 0.349. The van der Waals surface area contributed by atoms with Crippen LogP contribution in [0.1, 0.15) is 45.6 Å². The number of hydrogen-bond donors (Lipinski definition) is 1. The van der Waals surface area contributed by atoms with E-state index >= 15 is 0 Å². The van der Waals surface area contributed by atoms with Crippen molar-refractivity contribution in [3.8, 4) is 0 Å². The molecule has 1 amide bonds. The number of nitrogens with zero attached hydrogens (tertiary/aromatic N) is 3. The van der Waals surface area contributed by atoms with Crippen LogP contribution in [-0.4, -0.2) is 42.2 Å². The first-order chi connectivity index (χ1) is 16.5. The Bertz CT molecular complexity index is 1100. The molecule has 2 aromatic carbocycles. The van der Waals surface area contributed by atoms with Crippen LogP contribution >= 0.6 is 11.8 Å². The van der Waals surface area contributed by atoms with Gasteiger partial charge >= 0.3 is 0 Å². The van der Waals surface area contributed by atoms with Crippen LogP contribution in [0.4, 0.5) is 5.82 Å². The van der Waals surface area contributed by atoms with Gasteiger partial charge in [-0.1, -0.05) is 54.2 Å². The summed E-state index contributed by atoms with van der Waals surface area (Å²) in [5, 5.41) is 3.73. The van der Waals surface area contributed by atoms with E-state index < -0.39 is 0 Å². The van der Waals surface area contributed by atoms with E-state index in [1.165, 1.54) is 5.56 Å². The second-order valence-corrected chi connectivity index (χ2v) is 9.66. The Hall–Kier alpha value is -2.90. The Labute approximate surface area is 206 Å². The smallest absolute Gasteiger partial charge is 0.251 e. The highest BCUT2D eigenvalue weighted by molar-refractivity contribution is 7.98. The Morgan fingerprint density at radius 3 is 2.56 bits per heavy atom. The van der Waals surface area contributed by atoms with E-state index in [2.05, 4.69) is 48.5 Å². The lowest BCUT2D eigenvalue weighted by atomic mass is 10.1. The molecule has 7 heteroatoms. The van der Waals surface area contributed by atoms with Crippen molar-refractivity contribution in [1.82, 2.24) is 15.3 Å². The van der Waals surface area contributed by atoms with Crippen LogP contribution in [0.15, 0.2) is 59.8 Å². The van der Waals surface area contributed by atoms with Crippen molar-refractivity contribution in [2.45, 2.75) is 50.2 Å². The largest absolute Gasteiger partial charge is 0.376 e. The molecule has 0 spiro atoms. The maximum Gasteiger partial charge on any atom is 0.251 e. The molecule has 1 atom stereocenters. The molecule has 4 rings (SSSR count). The number of benzene rings is 2. The van der Waals surface area contributed by atoms with Gasteiger partial charge in [0.25, 0.3) is 5.91 Å². The predicted octanol–water partition coefficient (Wildman–Crippen LogP) is 4.93. The minimum Gasteiger partial charge on any atom is -0.376 e. The summed E-state index contributed by atoms with van der Waals surface area (Å²) < 4.78 is 5.57. The first-order valence-electron chi connectivity index (χ1n) is 11.7. The molecule has 178 valence electrons. The van der Waals surface area contributed by atoms with Crippen LogP contribution in [0.25, 0.3) is 0 Å². The first-order valence-corrected chi connectivity index (χ1v) is 12.7. The summed E-state index contributed by atoms with van der Waals surface area (Å²) in [7, 11) is 2.07. The maximum atomic E-state index is 12.4. The Balaban J connectivity index is 1.35. The van der Waals surface area contributed by atoms with Crippen LogP contribution in [-0.2, 0) is 17.0 Å². The SMILES string of the molecule is Cc1nc(SCc2ccc(C(=O)NC[C@@H]3CCCO3)cc2)nc(N(C)Cc2ccccc2)c1C. The average molecular weight is 477 g/mol. The fourth-order valence-electron chi connectivity index (χ4n) is 3.97. The predicted molar refractivity (Wildman–Crippen MR) is 137 cm³/mol. The van der Waals surface area contributed by atoms with Gasteiger partial charge in [-0.05, 0) is 49.9 Å². The van der Waals surface area contributed by atoms with Crippen molar-refractivity contribution < 1.29 is 9.53 Å². The number of rotatable bonds is 9. The highest BCUT2D eigenvalue weighted by Gasteiger charge is 2.17. The fraction of sp³-hybridized carbons (Fsp3) is 0.370. The van der Waals surface area contributed by atoms with Crippen molar-refractivity contribution in [2.24, 2.45) is 0 Å². The molecule has 6 nitrogen and oxygen atoms in total. The number of nitrogens with one attached hydrogen (secondary N) is 1. The van der Waals surface area contributed by atoms with Gasteiger partial charge in [-0.3, -0.25) is 4.79 Å². The maximum absolute atomic E-state index is 12.4. The van der Waals surface area contributed by atoms with Gasteiger partial charge in [0.15, 0.2) is 5.16 Å². The van der Waals surface area contributed by atoms with E-state index in [9.17, 15) is 4.79 Å². The number of hydrogen-bond acceptors (Lipinski definition) is 6. The fourth-order valence-corrected chi connectivity index (χ4v) is 4.81. The average Bonchev–Trinajstić information content (AvgIpc) is 3.38. The van der Waals surface area contributed by atoms with Crippen molar-refractivity contribution in [3.05, 3.63) is 82.5 Å². The molecule has 3 aromatic rings. The molecule has 0 radical (unpaired) electrons. The van der Waals surface area contributed by atoms with Crippen molar-refractivity contribution in [2.75, 3.05) is 25.1 Å². The van der Waals surface area contributed by atoms with Crippen LogP contribution in [0.3, 0.4) is 0 Å². The first kappa shape index (κ1) is 24.2. The van der Waals surface area contributed by atoms with Gasteiger partial charge in [0.2, 0.25) is 0 Å². The molecule has 2 heterocycles. The van der Waals surface area contributed by atoms with Crippen LogP contribution in [0.5, 0.6) is 0 Å². The molecule has 1 saturated heterocycles. The summed E-state index contributed by atoms with van der Waals surface area (Å²) in [6.07, 6.45) is 2.23. The lowest BCUT2D eigenvalue weighted by Gasteiger charge is -2.21. The molecule has 34 heavy (non-hydrogen) atoms. The molecule has 0 unspecified atom stereocenters. The molecule has 1 aliphatic rings. The van der Waals surface area contributed by atoms with Gasteiger partial charge in [-0.15, -0.1) is 0 Å². The Kier molecular flexibility index (Phi) is 8.19. The van der Waals surface area contributed by atoms with Gasteiger partial charge in [-0.2, -0.15) is 0 Å². The lowest BCUT2D eigenvalue weighted by molar-refractivity contribution is 0.0858. The third-order valence-electron chi connectivity index (χ3n) is 6.07. The van der Waals surface area contributed by atoms with E-state index in [0.29, 0.717) is 12.1 Å². The van der Waals surface area contributed by atoms with Crippen molar-refractivity contribution >= 4 is 23.5 Å². The number of carbonyl (C=O) groups is 1. The summed E-state index contributed by atoms with van der Waals surface area (Å²) in [6, 6.07) is 18.1. The minimum atomic E-state index is -0.0571. The zero-order valence-electron chi connectivity index (χ0n) is 20.1. The zero-order valence-corrected chi connectivity index (χ0v) is 20.9. The Morgan fingerprint density at radius 1 is 1.09 bits per heavy atom. The van der Waals surface area contributed by atoms with Crippen LogP contribution in [0.2, 0.25) is 0 Å². The van der Waals surface area contributed by atoms with Crippen LogP contribution in [0, 0.1) is 13.8 Å². The number of aryl methyl sites for hydroxylation is 1. The summed E-state index contributed by atoms with van der Waals surface area (Å²) >= 11 is 1.61. The standard InChI is InChI=1S/C27H32N4O2S/c1-19-20(2)29-27(30-25(19)31(3)17-21-8-5-4-6-9-21)34-18-22-11-13-23(14-12-22)26(32)28-16-24-10-7-15-33-24/h4-6,8-9,11-14,24H,7,10,15-18H2,1-3H3,(H,28,32)/t24-/m0/s1. The van der Waals surface area contributed by atoms with Gasteiger partial charge in [0.1, 0.15) is 5.82 Å². The second kappa shape index (κ2) is 11.5. The molecule has 1 aliphatic heterocycles. The van der Waals surface area contributed by atoms with Gasteiger partial charge in [0.05, 0.1) is 6.10 Å². The zero-order chi connectivity index (χ0) is 23.9. The number of carbonyl (C=O) groups excluding carboxylic acids is 1. The summed E-state index contributed by atoms with van der Waals surface area (Å²) in [5.74, 6) is 1.64. The molecule has 0 bridgehead atoms. The molecule has 1 N–H and O–H groups in total. The number of aromatic nitrogens is 2. The van der Waals surface area contributed by atoms with E-state index in [1.54, 1.807) is 11.8 Å². The van der Waals surface area contributed by atoms with Crippen molar-refractivity contribution in [3.63, 3.8) is 0 Å². The number of thioether (sulfide) groups is 1. The molecule has 0 aliphatic carbocycles. The third kappa shape index (κ3) is 6.36. The van der Waals surface area contributed by atoms with Gasteiger partial charge in [0, 0.05) is 49.3 Å². The monoisotopic (exact) mass is 476 g/mol. The molecular formula is C27H32N4O2S. The third-order valence-corrected chi connectivity index (χ3v) is 6.98. The van der Waals surface area contributed by atoms with E-state index in [4.69, 9.17) is 14.7 Å². The highest BCUT2D eigenvalue weighted by atomic mass is 32.2.